The molecule has 0 saturated heterocycles. The maximum atomic E-state index is 10.9. The summed E-state index contributed by atoms with van der Waals surface area (Å²) in [6.45, 7) is 1.83. The summed E-state index contributed by atoms with van der Waals surface area (Å²) < 4.78 is 5.13. The molecule has 0 fully saturated rings. The SMILES string of the molecule is COc1ccc(C(=O)O)cc1NC(C)CCC(=O)O. The molecule has 1 aromatic carbocycles. The molecule has 1 aromatic rings. The van der Waals surface area contributed by atoms with E-state index in [4.69, 9.17) is 14.9 Å². The van der Waals surface area contributed by atoms with Crippen molar-refractivity contribution < 1.29 is 24.5 Å². The van der Waals surface area contributed by atoms with Gasteiger partial charge in [0.25, 0.3) is 0 Å². The Morgan fingerprint density at radius 1 is 1.37 bits per heavy atom. The molecule has 0 heterocycles. The van der Waals surface area contributed by atoms with E-state index in [1.165, 1.54) is 19.2 Å². The summed E-state index contributed by atoms with van der Waals surface area (Å²) in [5, 5.41) is 20.6. The summed E-state index contributed by atoms with van der Waals surface area (Å²) in [6.07, 6.45) is 0.491. The molecule has 0 aliphatic heterocycles. The highest BCUT2D eigenvalue weighted by Gasteiger charge is 2.12. The Morgan fingerprint density at radius 3 is 2.58 bits per heavy atom. The normalized spacial score (nSPS) is 11.7. The Balaban J connectivity index is 2.82. The zero-order chi connectivity index (χ0) is 14.4. The lowest BCUT2D eigenvalue weighted by Gasteiger charge is -2.17. The van der Waals surface area contributed by atoms with Crippen LogP contribution in [0.4, 0.5) is 5.69 Å². The average molecular weight is 267 g/mol. The fourth-order valence-electron chi connectivity index (χ4n) is 1.63. The predicted octanol–water partition coefficient (Wildman–Crippen LogP) is 2.06. The topological polar surface area (TPSA) is 95.9 Å². The largest absolute Gasteiger partial charge is 0.495 e. The third-order valence-electron chi connectivity index (χ3n) is 2.64. The van der Waals surface area contributed by atoms with E-state index in [0.717, 1.165) is 0 Å². The number of rotatable bonds is 7. The van der Waals surface area contributed by atoms with Crippen molar-refractivity contribution in [1.82, 2.24) is 0 Å². The highest BCUT2D eigenvalue weighted by molar-refractivity contribution is 5.89. The predicted molar refractivity (Wildman–Crippen MR) is 69.9 cm³/mol. The van der Waals surface area contributed by atoms with Crippen molar-refractivity contribution in [2.45, 2.75) is 25.8 Å². The average Bonchev–Trinajstić information content (AvgIpc) is 2.36. The zero-order valence-corrected chi connectivity index (χ0v) is 10.8. The number of methoxy groups -OCH3 is 1. The van der Waals surface area contributed by atoms with Crippen LogP contribution in [-0.4, -0.2) is 35.3 Å². The molecule has 1 atom stereocenters. The quantitative estimate of drug-likeness (QED) is 0.699. The molecular weight excluding hydrogens is 250 g/mol. The molecule has 0 amide bonds. The number of carbonyl (C=O) groups is 2. The minimum absolute atomic E-state index is 0.0507. The Kier molecular flexibility index (Phi) is 5.17. The van der Waals surface area contributed by atoms with Crippen molar-refractivity contribution in [3.8, 4) is 5.75 Å². The first kappa shape index (κ1) is 14.8. The second-order valence-electron chi connectivity index (χ2n) is 4.20. The number of aliphatic carboxylic acids is 1. The van der Waals surface area contributed by atoms with Gasteiger partial charge in [-0.3, -0.25) is 4.79 Å². The van der Waals surface area contributed by atoms with Gasteiger partial charge in [-0.2, -0.15) is 0 Å². The highest BCUT2D eigenvalue weighted by Crippen LogP contribution is 2.26. The van der Waals surface area contributed by atoms with Crippen LogP contribution >= 0.6 is 0 Å². The van der Waals surface area contributed by atoms with Gasteiger partial charge in [-0.05, 0) is 31.5 Å². The molecule has 19 heavy (non-hydrogen) atoms. The lowest BCUT2D eigenvalue weighted by molar-refractivity contribution is -0.137. The van der Waals surface area contributed by atoms with Crippen LogP contribution in [0.1, 0.15) is 30.1 Å². The van der Waals surface area contributed by atoms with Gasteiger partial charge in [0.15, 0.2) is 0 Å². The summed E-state index contributed by atoms with van der Waals surface area (Å²) in [4.78, 5) is 21.4. The number of anilines is 1. The first-order valence-corrected chi connectivity index (χ1v) is 5.83. The van der Waals surface area contributed by atoms with E-state index in [1.54, 1.807) is 6.07 Å². The minimum atomic E-state index is -1.02. The molecule has 0 aromatic heterocycles. The number of carboxylic acid groups (broad SMARTS) is 2. The number of hydrogen-bond donors (Lipinski definition) is 3. The number of carboxylic acids is 2. The maximum absolute atomic E-state index is 10.9. The molecule has 6 heteroatoms. The van der Waals surface area contributed by atoms with Crippen LogP contribution in [0, 0.1) is 0 Å². The van der Waals surface area contributed by atoms with Gasteiger partial charge in [-0.25, -0.2) is 4.79 Å². The number of aromatic carboxylic acids is 1. The van der Waals surface area contributed by atoms with Crippen LogP contribution in [0.15, 0.2) is 18.2 Å². The van der Waals surface area contributed by atoms with Gasteiger partial charge in [-0.15, -0.1) is 0 Å². The van der Waals surface area contributed by atoms with Gasteiger partial charge in [0.05, 0.1) is 18.4 Å². The van der Waals surface area contributed by atoms with E-state index < -0.39 is 11.9 Å². The first-order chi connectivity index (χ1) is 8.93. The monoisotopic (exact) mass is 267 g/mol. The Morgan fingerprint density at radius 2 is 2.05 bits per heavy atom. The molecule has 0 radical (unpaired) electrons. The summed E-state index contributed by atoms with van der Waals surface area (Å²) in [5.74, 6) is -1.36. The van der Waals surface area contributed by atoms with E-state index in [-0.39, 0.29) is 18.0 Å². The minimum Gasteiger partial charge on any atom is -0.495 e. The van der Waals surface area contributed by atoms with E-state index in [9.17, 15) is 9.59 Å². The highest BCUT2D eigenvalue weighted by atomic mass is 16.5. The van der Waals surface area contributed by atoms with Crippen LogP contribution < -0.4 is 10.1 Å². The van der Waals surface area contributed by atoms with Crippen molar-refractivity contribution in [1.29, 1.82) is 0 Å². The number of hydrogen-bond acceptors (Lipinski definition) is 4. The smallest absolute Gasteiger partial charge is 0.335 e. The molecule has 1 unspecified atom stereocenters. The van der Waals surface area contributed by atoms with Crippen LogP contribution in [0.5, 0.6) is 5.75 Å². The molecule has 0 saturated carbocycles. The lowest BCUT2D eigenvalue weighted by atomic mass is 10.1. The van der Waals surface area contributed by atoms with Crippen LogP contribution in [0.2, 0.25) is 0 Å². The van der Waals surface area contributed by atoms with Gasteiger partial charge in [0.1, 0.15) is 5.75 Å². The van der Waals surface area contributed by atoms with Crippen molar-refractivity contribution in [3.63, 3.8) is 0 Å². The van der Waals surface area contributed by atoms with Crippen LogP contribution in [-0.2, 0) is 4.79 Å². The van der Waals surface area contributed by atoms with Gasteiger partial charge >= 0.3 is 11.9 Å². The molecule has 1 rings (SSSR count). The van der Waals surface area contributed by atoms with E-state index in [1.807, 2.05) is 6.92 Å². The second kappa shape index (κ2) is 6.63. The third kappa shape index (κ3) is 4.50. The van der Waals surface area contributed by atoms with Gasteiger partial charge in [-0.1, -0.05) is 0 Å². The lowest BCUT2D eigenvalue weighted by Crippen LogP contribution is -2.17. The second-order valence-corrected chi connectivity index (χ2v) is 4.20. The fourth-order valence-corrected chi connectivity index (χ4v) is 1.63. The summed E-state index contributed by atoms with van der Waals surface area (Å²) in [5.41, 5.74) is 0.689. The summed E-state index contributed by atoms with van der Waals surface area (Å²) >= 11 is 0. The fraction of sp³-hybridized carbons (Fsp3) is 0.385. The Bertz CT molecular complexity index is 472. The van der Waals surface area contributed by atoms with Crippen molar-refractivity contribution in [2.24, 2.45) is 0 Å². The molecule has 0 spiro atoms. The molecular formula is C13H17NO5. The molecule has 104 valence electrons. The van der Waals surface area contributed by atoms with Crippen molar-refractivity contribution >= 4 is 17.6 Å². The summed E-state index contributed by atoms with van der Waals surface area (Å²) in [6, 6.07) is 4.39. The van der Waals surface area contributed by atoms with Crippen LogP contribution in [0.3, 0.4) is 0 Å². The number of ether oxygens (including phenoxy) is 1. The molecule has 0 aliphatic carbocycles. The van der Waals surface area contributed by atoms with E-state index in [2.05, 4.69) is 5.32 Å². The molecule has 3 N–H and O–H groups in total. The molecule has 0 bridgehead atoms. The summed E-state index contributed by atoms with van der Waals surface area (Å²) in [7, 11) is 1.49. The number of benzene rings is 1. The van der Waals surface area contributed by atoms with Gasteiger partial charge in [0.2, 0.25) is 0 Å². The van der Waals surface area contributed by atoms with Crippen LogP contribution in [0.25, 0.3) is 0 Å². The third-order valence-corrected chi connectivity index (χ3v) is 2.64. The molecule has 6 nitrogen and oxygen atoms in total. The Hall–Kier alpha value is -2.24. The van der Waals surface area contributed by atoms with Crippen molar-refractivity contribution in [3.05, 3.63) is 23.8 Å². The first-order valence-electron chi connectivity index (χ1n) is 5.83. The Labute approximate surface area is 111 Å². The molecule has 0 aliphatic rings. The van der Waals surface area contributed by atoms with E-state index >= 15 is 0 Å². The zero-order valence-electron chi connectivity index (χ0n) is 10.8. The standard InChI is InChI=1S/C13H17NO5/c1-8(3-6-12(15)16)14-10-7-9(13(17)18)4-5-11(10)19-2/h4-5,7-8,14H,3,6H2,1-2H3,(H,15,16)(H,17,18). The van der Waals surface area contributed by atoms with Gasteiger partial charge in [0, 0.05) is 12.5 Å². The van der Waals surface area contributed by atoms with Gasteiger partial charge < -0.3 is 20.3 Å². The maximum Gasteiger partial charge on any atom is 0.335 e. The van der Waals surface area contributed by atoms with Crippen molar-refractivity contribution in [2.75, 3.05) is 12.4 Å². The van der Waals surface area contributed by atoms with E-state index in [0.29, 0.717) is 17.9 Å². The number of nitrogens with one attached hydrogen (secondary N) is 1.